The molecule has 116 valence electrons. The minimum absolute atomic E-state index is 0.241. The minimum atomic E-state index is -0.241. The molecule has 0 spiro atoms. The highest BCUT2D eigenvalue weighted by molar-refractivity contribution is 5.92. The van der Waals surface area contributed by atoms with Crippen molar-refractivity contribution in [3.8, 4) is 0 Å². The molecule has 0 aliphatic carbocycles. The third kappa shape index (κ3) is 3.38. The van der Waals surface area contributed by atoms with Crippen LogP contribution in [-0.4, -0.2) is 5.97 Å². The summed E-state index contributed by atoms with van der Waals surface area (Å²) >= 11 is 0. The van der Waals surface area contributed by atoms with E-state index in [0.717, 1.165) is 22.3 Å². The molecule has 0 aliphatic rings. The zero-order chi connectivity index (χ0) is 16.4. The summed E-state index contributed by atoms with van der Waals surface area (Å²) in [6.07, 6.45) is 0. The Bertz CT molecular complexity index is 680. The van der Waals surface area contributed by atoms with E-state index in [2.05, 4.69) is 32.9 Å². The Kier molecular flexibility index (Phi) is 4.70. The predicted molar refractivity (Wildman–Crippen MR) is 90.4 cm³/mol. The Morgan fingerprint density at radius 1 is 0.773 bits per heavy atom. The van der Waals surface area contributed by atoms with Gasteiger partial charge in [-0.15, -0.1) is 0 Å². The van der Waals surface area contributed by atoms with Crippen LogP contribution in [0.25, 0.3) is 0 Å². The van der Waals surface area contributed by atoms with Gasteiger partial charge in [0.05, 0.1) is 5.56 Å². The first-order valence-corrected chi connectivity index (χ1v) is 7.61. The van der Waals surface area contributed by atoms with Crippen LogP contribution < -0.4 is 0 Å². The highest BCUT2D eigenvalue weighted by atomic mass is 16.5. The van der Waals surface area contributed by atoms with Crippen LogP contribution in [-0.2, 0) is 11.3 Å². The molecule has 0 saturated carbocycles. The number of hydrogen-bond acceptors (Lipinski definition) is 2. The van der Waals surface area contributed by atoms with Gasteiger partial charge in [-0.05, 0) is 69.4 Å². The van der Waals surface area contributed by atoms with Crippen LogP contribution in [0, 0.1) is 41.5 Å². The molecule has 2 rings (SSSR count). The zero-order valence-corrected chi connectivity index (χ0v) is 14.3. The van der Waals surface area contributed by atoms with Gasteiger partial charge in [-0.3, -0.25) is 0 Å². The molecule has 2 nitrogen and oxygen atoms in total. The average Bonchev–Trinajstić information content (AvgIpc) is 2.35. The van der Waals surface area contributed by atoms with Crippen molar-refractivity contribution >= 4 is 5.97 Å². The van der Waals surface area contributed by atoms with Crippen molar-refractivity contribution < 1.29 is 9.53 Å². The molecule has 0 bridgehead atoms. The fourth-order valence-electron chi connectivity index (χ4n) is 3.15. The molecule has 0 fully saturated rings. The first-order chi connectivity index (χ1) is 10.3. The van der Waals surface area contributed by atoms with Gasteiger partial charge >= 0.3 is 5.97 Å². The molecule has 0 saturated heterocycles. The first-order valence-electron chi connectivity index (χ1n) is 7.61. The van der Waals surface area contributed by atoms with E-state index in [1.54, 1.807) is 0 Å². The SMILES string of the molecule is Cc1cc(C)c(COC(=O)c2c(C)cc(C)cc2C)c(C)c1. The van der Waals surface area contributed by atoms with E-state index in [1.165, 1.54) is 16.7 Å². The third-order valence-electron chi connectivity index (χ3n) is 4.07. The van der Waals surface area contributed by atoms with Crippen LogP contribution in [0.4, 0.5) is 0 Å². The molecule has 0 atom stereocenters. The number of ether oxygens (including phenoxy) is 1. The summed E-state index contributed by atoms with van der Waals surface area (Å²) in [6.45, 7) is 12.5. The van der Waals surface area contributed by atoms with Crippen molar-refractivity contribution in [2.24, 2.45) is 0 Å². The van der Waals surface area contributed by atoms with Crippen LogP contribution in [0.3, 0.4) is 0 Å². The van der Waals surface area contributed by atoms with E-state index in [-0.39, 0.29) is 5.97 Å². The highest BCUT2D eigenvalue weighted by Crippen LogP contribution is 2.21. The fourth-order valence-corrected chi connectivity index (χ4v) is 3.15. The van der Waals surface area contributed by atoms with Gasteiger partial charge in [0.15, 0.2) is 0 Å². The van der Waals surface area contributed by atoms with Crippen molar-refractivity contribution in [1.29, 1.82) is 0 Å². The number of aryl methyl sites for hydroxylation is 6. The fraction of sp³-hybridized carbons (Fsp3) is 0.350. The quantitative estimate of drug-likeness (QED) is 0.753. The molecule has 0 amide bonds. The van der Waals surface area contributed by atoms with Crippen molar-refractivity contribution in [1.82, 2.24) is 0 Å². The van der Waals surface area contributed by atoms with Gasteiger partial charge < -0.3 is 4.74 Å². The van der Waals surface area contributed by atoms with Gasteiger partial charge in [0.25, 0.3) is 0 Å². The molecular formula is C20H24O2. The summed E-state index contributed by atoms with van der Waals surface area (Å²) in [7, 11) is 0. The summed E-state index contributed by atoms with van der Waals surface area (Å²) in [6, 6.07) is 8.29. The van der Waals surface area contributed by atoms with E-state index >= 15 is 0 Å². The van der Waals surface area contributed by atoms with Crippen molar-refractivity contribution in [3.05, 3.63) is 68.8 Å². The molecule has 22 heavy (non-hydrogen) atoms. The standard InChI is InChI=1S/C20H24O2/c1-12-7-14(3)18(15(4)8-12)11-22-20(21)19-16(5)9-13(2)10-17(19)6/h7-10H,11H2,1-6H3. The molecular weight excluding hydrogens is 272 g/mol. The van der Waals surface area contributed by atoms with Gasteiger partial charge in [-0.25, -0.2) is 4.79 Å². The molecule has 0 unspecified atom stereocenters. The Morgan fingerprint density at radius 3 is 1.64 bits per heavy atom. The largest absolute Gasteiger partial charge is 0.457 e. The van der Waals surface area contributed by atoms with Gasteiger partial charge in [0.1, 0.15) is 6.61 Å². The predicted octanol–water partition coefficient (Wildman–Crippen LogP) is 4.89. The van der Waals surface area contributed by atoms with Crippen molar-refractivity contribution in [3.63, 3.8) is 0 Å². The summed E-state index contributed by atoms with van der Waals surface area (Å²) in [5.41, 5.74) is 8.46. The second-order valence-corrected chi connectivity index (χ2v) is 6.23. The van der Waals surface area contributed by atoms with Crippen LogP contribution in [0.2, 0.25) is 0 Å². The van der Waals surface area contributed by atoms with Gasteiger partial charge in [-0.2, -0.15) is 0 Å². The minimum Gasteiger partial charge on any atom is -0.457 e. The molecule has 0 aliphatic heterocycles. The maximum Gasteiger partial charge on any atom is 0.339 e. The van der Waals surface area contributed by atoms with Crippen LogP contribution in [0.1, 0.15) is 49.3 Å². The van der Waals surface area contributed by atoms with Crippen molar-refractivity contribution in [2.75, 3.05) is 0 Å². The van der Waals surface area contributed by atoms with E-state index in [4.69, 9.17) is 4.74 Å². The molecule has 2 heteroatoms. The molecule has 0 radical (unpaired) electrons. The molecule has 0 heterocycles. The number of benzene rings is 2. The smallest absolute Gasteiger partial charge is 0.339 e. The third-order valence-corrected chi connectivity index (χ3v) is 4.07. The highest BCUT2D eigenvalue weighted by Gasteiger charge is 2.15. The lowest BCUT2D eigenvalue weighted by atomic mass is 9.99. The van der Waals surface area contributed by atoms with Crippen molar-refractivity contribution in [2.45, 2.75) is 48.1 Å². The average molecular weight is 296 g/mol. The lowest BCUT2D eigenvalue weighted by molar-refractivity contribution is 0.0470. The number of hydrogen-bond donors (Lipinski definition) is 0. The van der Waals surface area contributed by atoms with Crippen LogP contribution >= 0.6 is 0 Å². The Hall–Kier alpha value is -2.09. The second-order valence-electron chi connectivity index (χ2n) is 6.23. The normalized spacial score (nSPS) is 10.6. The maximum atomic E-state index is 12.4. The van der Waals surface area contributed by atoms with Gasteiger partial charge in [-0.1, -0.05) is 35.4 Å². The van der Waals surface area contributed by atoms with E-state index < -0.39 is 0 Å². The number of carbonyl (C=O) groups excluding carboxylic acids is 1. The Morgan fingerprint density at radius 2 is 1.18 bits per heavy atom. The first kappa shape index (κ1) is 16.3. The monoisotopic (exact) mass is 296 g/mol. The van der Waals surface area contributed by atoms with Gasteiger partial charge in [0.2, 0.25) is 0 Å². The number of carbonyl (C=O) groups is 1. The molecule has 0 aromatic heterocycles. The van der Waals surface area contributed by atoms with Crippen LogP contribution in [0.5, 0.6) is 0 Å². The number of esters is 1. The lowest BCUT2D eigenvalue weighted by Crippen LogP contribution is -2.11. The molecule has 2 aromatic rings. The zero-order valence-electron chi connectivity index (χ0n) is 14.3. The van der Waals surface area contributed by atoms with E-state index in [0.29, 0.717) is 12.2 Å². The summed E-state index contributed by atoms with van der Waals surface area (Å²) in [5, 5.41) is 0. The Balaban J connectivity index is 2.21. The van der Waals surface area contributed by atoms with Crippen LogP contribution in [0.15, 0.2) is 24.3 Å². The molecule has 0 N–H and O–H groups in total. The summed E-state index contributed by atoms with van der Waals surface area (Å²) in [5.74, 6) is -0.241. The number of rotatable bonds is 3. The maximum absolute atomic E-state index is 12.4. The second kappa shape index (κ2) is 6.35. The van der Waals surface area contributed by atoms with E-state index in [9.17, 15) is 4.79 Å². The summed E-state index contributed by atoms with van der Waals surface area (Å²) in [4.78, 5) is 12.4. The molecule has 2 aromatic carbocycles. The van der Waals surface area contributed by atoms with Gasteiger partial charge in [0, 0.05) is 0 Å². The van der Waals surface area contributed by atoms with E-state index in [1.807, 2.05) is 32.9 Å². The Labute approximate surface area is 133 Å². The summed E-state index contributed by atoms with van der Waals surface area (Å²) < 4.78 is 5.58. The topological polar surface area (TPSA) is 26.3 Å². The lowest BCUT2D eigenvalue weighted by Gasteiger charge is -2.14.